The minimum atomic E-state index is -0.553. The molecule has 0 radical (unpaired) electrons. The van der Waals surface area contributed by atoms with Gasteiger partial charge in [-0.3, -0.25) is 14.3 Å². The van der Waals surface area contributed by atoms with Crippen LogP contribution in [0.25, 0.3) is 16.6 Å². The topological polar surface area (TPSA) is 73.8 Å². The number of halogens is 2. The maximum atomic E-state index is 14.1. The van der Waals surface area contributed by atoms with E-state index in [-0.39, 0.29) is 16.5 Å². The molecule has 1 aromatic carbocycles. The first-order valence-electron chi connectivity index (χ1n) is 7.11. The second-order valence-corrected chi connectivity index (χ2v) is 5.94. The zero-order chi connectivity index (χ0) is 16.6. The van der Waals surface area contributed by atoms with Gasteiger partial charge in [-0.1, -0.05) is 6.92 Å². The molecule has 2 N–H and O–H groups in total. The lowest BCUT2D eigenvalue weighted by Gasteiger charge is -2.17. The Bertz CT molecular complexity index is 927. The molecule has 1 unspecified atom stereocenters. The van der Waals surface area contributed by atoms with Gasteiger partial charge in [-0.05, 0) is 46.6 Å². The first kappa shape index (κ1) is 15.8. The number of nitrogens with two attached hydrogens (primary N) is 1. The molecular formula is C16H14BrFN4O. The van der Waals surface area contributed by atoms with Crippen LogP contribution in [0, 0.1) is 5.82 Å². The standard InChI is InChI=1S/C16H14BrFN4O/c1-2-12(19)15-21-14-11(18)6-5-10(17)13(14)16(23)22(15)9-4-3-7-20-8-9/h3-8,12H,2,19H2,1H3. The molecule has 0 aliphatic rings. The normalized spacial score (nSPS) is 12.5. The Morgan fingerprint density at radius 2 is 2.17 bits per heavy atom. The molecule has 0 fully saturated rings. The van der Waals surface area contributed by atoms with E-state index in [0.717, 1.165) is 0 Å². The summed E-state index contributed by atoms with van der Waals surface area (Å²) in [7, 11) is 0. The lowest BCUT2D eigenvalue weighted by atomic mass is 10.1. The second kappa shape index (κ2) is 6.17. The third kappa shape index (κ3) is 2.66. The Labute approximate surface area is 140 Å². The van der Waals surface area contributed by atoms with Gasteiger partial charge in [0.1, 0.15) is 17.2 Å². The first-order chi connectivity index (χ1) is 11.0. The molecule has 3 aromatic rings. The molecule has 118 valence electrons. The van der Waals surface area contributed by atoms with Crippen molar-refractivity contribution in [2.75, 3.05) is 0 Å². The summed E-state index contributed by atoms with van der Waals surface area (Å²) in [6.07, 6.45) is 3.72. The number of hydrogen-bond donors (Lipinski definition) is 1. The fraction of sp³-hybridized carbons (Fsp3) is 0.188. The molecule has 0 amide bonds. The first-order valence-corrected chi connectivity index (χ1v) is 7.90. The molecule has 0 saturated carbocycles. The van der Waals surface area contributed by atoms with Crippen LogP contribution in [-0.2, 0) is 0 Å². The van der Waals surface area contributed by atoms with Gasteiger partial charge < -0.3 is 5.73 Å². The minimum Gasteiger partial charge on any atom is -0.321 e. The van der Waals surface area contributed by atoms with Gasteiger partial charge in [-0.15, -0.1) is 0 Å². The van der Waals surface area contributed by atoms with Crippen LogP contribution in [-0.4, -0.2) is 14.5 Å². The lowest BCUT2D eigenvalue weighted by Crippen LogP contribution is -2.28. The highest BCUT2D eigenvalue weighted by molar-refractivity contribution is 9.10. The molecule has 0 spiro atoms. The van der Waals surface area contributed by atoms with Crippen molar-refractivity contribution in [3.8, 4) is 5.69 Å². The molecule has 23 heavy (non-hydrogen) atoms. The minimum absolute atomic E-state index is 0.0171. The van der Waals surface area contributed by atoms with E-state index < -0.39 is 11.9 Å². The maximum Gasteiger partial charge on any atom is 0.267 e. The maximum absolute atomic E-state index is 14.1. The zero-order valence-corrected chi connectivity index (χ0v) is 13.9. The van der Waals surface area contributed by atoms with Crippen molar-refractivity contribution in [3.05, 3.63) is 63.1 Å². The van der Waals surface area contributed by atoms with Gasteiger partial charge in [0.05, 0.1) is 23.3 Å². The number of rotatable bonds is 3. The molecule has 0 aliphatic heterocycles. The lowest BCUT2D eigenvalue weighted by molar-refractivity contribution is 0.609. The van der Waals surface area contributed by atoms with Crippen LogP contribution in [0.2, 0.25) is 0 Å². The highest BCUT2D eigenvalue weighted by atomic mass is 79.9. The predicted octanol–water partition coefficient (Wildman–Crippen LogP) is 3.09. The Hall–Kier alpha value is -2.12. The highest BCUT2D eigenvalue weighted by Gasteiger charge is 2.20. The molecule has 0 saturated heterocycles. The Kier molecular flexibility index (Phi) is 4.23. The van der Waals surface area contributed by atoms with Gasteiger partial charge in [0.15, 0.2) is 0 Å². The van der Waals surface area contributed by atoms with Crippen LogP contribution in [0.4, 0.5) is 4.39 Å². The SMILES string of the molecule is CCC(N)c1nc2c(F)ccc(Br)c2c(=O)n1-c1cccnc1. The molecule has 0 aliphatic carbocycles. The van der Waals surface area contributed by atoms with Crippen molar-refractivity contribution in [2.45, 2.75) is 19.4 Å². The third-order valence-corrected chi connectivity index (χ3v) is 4.29. The summed E-state index contributed by atoms with van der Waals surface area (Å²) in [5.74, 6) is -0.238. The fourth-order valence-corrected chi connectivity index (χ4v) is 2.89. The van der Waals surface area contributed by atoms with Gasteiger partial charge >= 0.3 is 0 Å². The van der Waals surface area contributed by atoms with Crippen molar-refractivity contribution >= 4 is 26.8 Å². The van der Waals surface area contributed by atoms with Crippen LogP contribution in [0.3, 0.4) is 0 Å². The molecule has 1 atom stereocenters. The molecular weight excluding hydrogens is 363 g/mol. The zero-order valence-electron chi connectivity index (χ0n) is 12.3. The second-order valence-electron chi connectivity index (χ2n) is 5.09. The Morgan fingerprint density at radius 1 is 1.39 bits per heavy atom. The Morgan fingerprint density at radius 3 is 2.83 bits per heavy atom. The van der Waals surface area contributed by atoms with Crippen molar-refractivity contribution in [1.82, 2.24) is 14.5 Å². The van der Waals surface area contributed by atoms with Gasteiger partial charge in [0.2, 0.25) is 0 Å². The van der Waals surface area contributed by atoms with E-state index >= 15 is 0 Å². The van der Waals surface area contributed by atoms with E-state index in [1.165, 1.54) is 16.7 Å². The number of nitrogens with zero attached hydrogens (tertiary/aromatic N) is 3. The number of pyridine rings is 1. The van der Waals surface area contributed by atoms with Gasteiger partial charge in [0, 0.05) is 10.7 Å². The third-order valence-electron chi connectivity index (χ3n) is 3.63. The van der Waals surface area contributed by atoms with Gasteiger partial charge in [0.25, 0.3) is 5.56 Å². The van der Waals surface area contributed by atoms with Crippen LogP contribution in [0.15, 0.2) is 45.9 Å². The quantitative estimate of drug-likeness (QED) is 0.761. The van der Waals surface area contributed by atoms with Crippen LogP contribution in [0.1, 0.15) is 25.2 Å². The van der Waals surface area contributed by atoms with E-state index in [4.69, 9.17) is 5.73 Å². The number of fused-ring (bicyclic) bond motifs is 1. The molecule has 2 aromatic heterocycles. The Balaban J connectivity index is 2.48. The molecule has 7 heteroatoms. The van der Waals surface area contributed by atoms with Crippen molar-refractivity contribution in [1.29, 1.82) is 0 Å². The molecule has 3 rings (SSSR count). The van der Waals surface area contributed by atoms with E-state index in [0.29, 0.717) is 22.4 Å². The van der Waals surface area contributed by atoms with Gasteiger partial charge in [-0.25, -0.2) is 9.37 Å². The summed E-state index contributed by atoms with van der Waals surface area (Å²) in [6.45, 7) is 1.88. The van der Waals surface area contributed by atoms with E-state index in [1.807, 2.05) is 6.92 Å². The van der Waals surface area contributed by atoms with Crippen LogP contribution < -0.4 is 11.3 Å². The van der Waals surface area contributed by atoms with Crippen LogP contribution in [0.5, 0.6) is 0 Å². The average molecular weight is 377 g/mol. The smallest absolute Gasteiger partial charge is 0.267 e. The summed E-state index contributed by atoms with van der Waals surface area (Å²) in [5, 5.41) is 0.181. The van der Waals surface area contributed by atoms with Crippen molar-refractivity contribution in [2.24, 2.45) is 5.73 Å². The summed E-state index contributed by atoms with van der Waals surface area (Å²) < 4.78 is 16.0. The molecule has 0 bridgehead atoms. The molecule has 5 nitrogen and oxygen atoms in total. The number of aromatic nitrogens is 3. The number of benzene rings is 1. The monoisotopic (exact) mass is 376 g/mol. The van der Waals surface area contributed by atoms with Gasteiger partial charge in [-0.2, -0.15) is 0 Å². The van der Waals surface area contributed by atoms with Crippen molar-refractivity contribution < 1.29 is 4.39 Å². The predicted molar refractivity (Wildman–Crippen MR) is 90.0 cm³/mol. The highest BCUT2D eigenvalue weighted by Crippen LogP contribution is 2.25. The average Bonchev–Trinajstić information content (AvgIpc) is 2.57. The molecule has 2 heterocycles. The fourth-order valence-electron chi connectivity index (χ4n) is 2.40. The number of hydrogen-bond acceptors (Lipinski definition) is 4. The van der Waals surface area contributed by atoms with E-state index in [2.05, 4.69) is 25.9 Å². The van der Waals surface area contributed by atoms with E-state index in [1.54, 1.807) is 24.5 Å². The summed E-state index contributed by atoms with van der Waals surface area (Å²) in [4.78, 5) is 21.4. The van der Waals surface area contributed by atoms with E-state index in [9.17, 15) is 9.18 Å². The largest absolute Gasteiger partial charge is 0.321 e. The summed E-state index contributed by atoms with van der Waals surface area (Å²) in [5.41, 5.74) is 6.28. The van der Waals surface area contributed by atoms with Crippen molar-refractivity contribution in [3.63, 3.8) is 0 Å². The summed E-state index contributed by atoms with van der Waals surface area (Å²) >= 11 is 3.30. The van der Waals surface area contributed by atoms with Crippen LogP contribution >= 0.6 is 15.9 Å². The summed E-state index contributed by atoms with van der Waals surface area (Å²) in [6, 6.07) is 5.72.